The molecule has 4 aromatic rings. The minimum atomic E-state index is -0.214. The third-order valence-corrected chi connectivity index (χ3v) is 5.74. The monoisotopic (exact) mass is 408 g/mol. The zero-order valence-corrected chi connectivity index (χ0v) is 16.9. The summed E-state index contributed by atoms with van der Waals surface area (Å²) in [6.07, 6.45) is 0. The molecule has 0 aliphatic rings. The first-order chi connectivity index (χ1) is 14.1. The molecule has 0 unspecified atom stereocenters. The van der Waals surface area contributed by atoms with E-state index in [1.165, 1.54) is 11.8 Å². The van der Waals surface area contributed by atoms with Gasteiger partial charge in [-0.05, 0) is 31.2 Å². The number of thioether (sulfide) groups is 1. The van der Waals surface area contributed by atoms with E-state index in [1.54, 1.807) is 23.8 Å². The van der Waals surface area contributed by atoms with E-state index in [2.05, 4.69) is 15.0 Å². The Bertz CT molecular complexity index is 1300. The first kappa shape index (κ1) is 19.4. The molecule has 0 saturated heterocycles. The van der Waals surface area contributed by atoms with Gasteiger partial charge in [0.05, 0.1) is 40.2 Å². The quantitative estimate of drug-likeness (QED) is 0.389. The molecule has 2 aromatic heterocycles. The minimum absolute atomic E-state index is 0.109. The van der Waals surface area contributed by atoms with Crippen molar-refractivity contribution in [1.29, 1.82) is 0 Å². The van der Waals surface area contributed by atoms with E-state index in [0.29, 0.717) is 45.9 Å². The Balaban J connectivity index is 1.76. The molecule has 1 atom stereocenters. The summed E-state index contributed by atoms with van der Waals surface area (Å²) in [4.78, 5) is 37.5. The number of aromatic nitrogens is 4. The number of hydrogen-bond acceptors (Lipinski definition) is 6. The van der Waals surface area contributed by atoms with E-state index in [0.717, 1.165) is 0 Å². The van der Waals surface area contributed by atoms with Crippen molar-refractivity contribution in [2.24, 2.45) is 0 Å². The SMILES string of the molecule is COCCn1c(S[C@H](C)c2nc3ccccc3c(=O)[nH]2)nc2ccccc2c1=O. The van der Waals surface area contributed by atoms with Gasteiger partial charge in [0.1, 0.15) is 5.82 Å². The van der Waals surface area contributed by atoms with Gasteiger partial charge in [-0.15, -0.1) is 0 Å². The Labute approximate surface area is 170 Å². The van der Waals surface area contributed by atoms with E-state index in [9.17, 15) is 9.59 Å². The summed E-state index contributed by atoms with van der Waals surface area (Å²) in [6.45, 7) is 2.72. The predicted octanol–water partition coefficient (Wildman–Crippen LogP) is 3.13. The van der Waals surface area contributed by atoms with Crippen LogP contribution >= 0.6 is 11.8 Å². The van der Waals surface area contributed by atoms with E-state index in [1.807, 2.05) is 43.3 Å². The number of rotatable bonds is 6. The van der Waals surface area contributed by atoms with Gasteiger partial charge >= 0.3 is 0 Å². The largest absolute Gasteiger partial charge is 0.383 e. The highest BCUT2D eigenvalue weighted by molar-refractivity contribution is 7.99. The topological polar surface area (TPSA) is 89.9 Å². The molecule has 2 aromatic carbocycles. The predicted molar refractivity (Wildman–Crippen MR) is 115 cm³/mol. The standard InChI is InChI=1S/C21H20N4O3S/c1-13(18-22-16-9-5-3-7-14(16)19(26)24-18)29-21-23-17-10-6-4-8-15(17)20(27)25(21)11-12-28-2/h3-10,13H,11-12H2,1-2H3,(H,22,24,26)/t13-/m1/s1. The van der Waals surface area contributed by atoms with Gasteiger partial charge in [-0.25, -0.2) is 9.97 Å². The maximum absolute atomic E-state index is 13.0. The van der Waals surface area contributed by atoms with Crippen molar-refractivity contribution in [3.63, 3.8) is 0 Å². The van der Waals surface area contributed by atoms with E-state index in [4.69, 9.17) is 4.74 Å². The first-order valence-corrected chi connectivity index (χ1v) is 10.1. The molecule has 0 bridgehead atoms. The van der Waals surface area contributed by atoms with Crippen LogP contribution in [-0.2, 0) is 11.3 Å². The second-order valence-electron chi connectivity index (χ2n) is 6.59. The van der Waals surface area contributed by atoms with Crippen molar-refractivity contribution in [2.75, 3.05) is 13.7 Å². The van der Waals surface area contributed by atoms with Crippen molar-refractivity contribution in [3.05, 3.63) is 75.1 Å². The summed E-state index contributed by atoms with van der Waals surface area (Å²) < 4.78 is 6.78. The number of para-hydroxylation sites is 2. The average Bonchev–Trinajstić information content (AvgIpc) is 2.73. The molecule has 0 fully saturated rings. The van der Waals surface area contributed by atoms with Crippen LogP contribution in [0.15, 0.2) is 63.3 Å². The van der Waals surface area contributed by atoms with Crippen molar-refractivity contribution in [3.8, 4) is 0 Å². The number of fused-ring (bicyclic) bond motifs is 2. The molecular weight excluding hydrogens is 388 g/mol. The summed E-state index contributed by atoms with van der Waals surface area (Å²) >= 11 is 1.38. The van der Waals surface area contributed by atoms with E-state index in [-0.39, 0.29) is 16.4 Å². The average molecular weight is 408 g/mol. The van der Waals surface area contributed by atoms with Crippen molar-refractivity contribution >= 4 is 33.6 Å². The molecule has 0 saturated carbocycles. The maximum atomic E-state index is 13.0. The molecule has 29 heavy (non-hydrogen) atoms. The Morgan fingerprint density at radius 2 is 1.69 bits per heavy atom. The van der Waals surface area contributed by atoms with Gasteiger partial charge in [0, 0.05) is 7.11 Å². The lowest BCUT2D eigenvalue weighted by Gasteiger charge is -2.16. The highest BCUT2D eigenvalue weighted by Crippen LogP contribution is 2.32. The van der Waals surface area contributed by atoms with Gasteiger partial charge in [0.25, 0.3) is 11.1 Å². The number of hydrogen-bond donors (Lipinski definition) is 1. The summed E-state index contributed by atoms with van der Waals surface area (Å²) in [5, 5.41) is 1.47. The normalized spacial score (nSPS) is 12.5. The number of nitrogens with zero attached hydrogens (tertiary/aromatic N) is 3. The highest BCUT2D eigenvalue weighted by Gasteiger charge is 2.18. The fourth-order valence-electron chi connectivity index (χ4n) is 3.13. The Morgan fingerprint density at radius 1 is 1.03 bits per heavy atom. The van der Waals surface area contributed by atoms with Crippen LogP contribution in [0, 0.1) is 0 Å². The zero-order chi connectivity index (χ0) is 20.4. The molecule has 148 valence electrons. The van der Waals surface area contributed by atoms with Gasteiger partial charge < -0.3 is 9.72 Å². The first-order valence-electron chi connectivity index (χ1n) is 9.22. The van der Waals surface area contributed by atoms with Gasteiger partial charge in [-0.1, -0.05) is 36.0 Å². The fourth-order valence-corrected chi connectivity index (χ4v) is 4.12. The number of H-pyrrole nitrogens is 1. The van der Waals surface area contributed by atoms with Crippen molar-refractivity contribution in [2.45, 2.75) is 23.9 Å². The lowest BCUT2D eigenvalue weighted by Crippen LogP contribution is -2.25. The number of aromatic amines is 1. The zero-order valence-electron chi connectivity index (χ0n) is 16.1. The van der Waals surface area contributed by atoms with Crippen LogP contribution in [0.2, 0.25) is 0 Å². The Morgan fingerprint density at radius 3 is 2.41 bits per heavy atom. The minimum Gasteiger partial charge on any atom is -0.383 e. The lowest BCUT2D eigenvalue weighted by molar-refractivity contribution is 0.183. The van der Waals surface area contributed by atoms with Gasteiger partial charge in [-0.3, -0.25) is 14.2 Å². The van der Waals surface area contributed by atoms with Crippen LogP contribution in [0.3, 0.4) is 0 Å². The van der Waals surface area contributed by atoms with Crippen LogP contribution in [0.4, 0.5) is 0 Å². The number of ether oxygens (including phenoxy) is 1. The second kappa shape index (κ2) is 8.18. The molecule has 0 aliphatic carbocycles. The third-order valence-electron chi connectivity index (χ3n) is 4.64. The summed E-state index contributed by atoms with van der Waals surface area (Å²) in [7, 11) is 1.60. The third kappa shape index (κ3) is 3.81. The molecule has 0 aliphatic heterocycles. The molecule has 0 spiro atoms. The smallest absolute Gasteiger partial charge is 0.262 e. The molecule has 8 heteroatoms. The Kier molecular flexibility index (Phi) is 5.46. The van der Waals surface area contributed by atoms with Crippen LogP contribution < -0.4 is 11.1 Å². The van der Waals surface area contributed by atoms with Crippen LogP contribution in [0.5, 0.6) is 0 Å². The molecule has 0 radical (unpaired) electrons. The Hall–Kier alpha value is -2.97. The van der Waals surface area contributed by atoms with Crippen LogP contribution in [0.25, 0.3) is 21.8 Å². The maximum Gasteiger partial charge on any atom is 0.262 e. The summed E-state index contributed by atoms with van der Waals surface area (Å²) in [6, 6.07) is 14.5. The van der Waals surface area contributed by atoms with Crippen LogP contribution in [0.1, 0.15) is 18.0 Å². The van der Waals surface area contributed by atoms with Crippen LogP contribution in [-0.4, -0.2) is 33.2 Å². The summed E-state index contributed by atoms with van der Waals surface area (Å²) in [5.41, 5.74) is 0.992. The number of benzene rings is 2. The second-order valence-corrected chi connectivity index (χ2v) is 7.90. The lowest BCUT2D eigenvalue weighted by atomic mass is 10.2. The van der Waals surface area contributed by atoms with Gasteiger partial charge in [-0.2, -0.15) is 0 Å². The molecule has 0 amide bonds. The number of nitrogens with one attached hydrogen (secondary N) is 1. The van der Waals surface area contributed by atoms with Gasteiger partial charge in [0.15, 0.2) is 5.16 Å². The molecule has 1 N–H and O–H groups in total. The number of methoxy groups -OCH3 is 1. The van der Waals surface area contributed by atoms with E-state index < -0.39 is 0 Å². The molecule has 4 rings (SSSR count). The molecule has 2 heterocycles. The van der Waals surface area contributed by atoms with E-state index >= 15 is 0 Å². The molecule has 7 nitrogen and oxygen atoms in total. The summed E-state index contributed by atoms with van der Waals surface area (Å²) in [5.74, 6) is 0.541. The fraction of sp³-hybridized carbons (Fsp3) is 0.238. The van der Waals surface area contributed by atoms with Crippen molar-refractivity contribution < 1.29 is 4.74 Å². The highest BCUT2D eigenvalue weighted by atomic mass is 32.2. The molecular formula is C21H20N4O3S. The van der Waals surface area contributed by atoms with Gasteiger partial charge in [0.2, 0.25) is 0 Å². The van der Waals surface area contributed by atoms with Crippen molar-refractivity contribution in [1.82, 2.24) is 19.5 Å².